The second-order valence-electron chi connectivity index (χ2n) is 9.88. The summed E-state index contributed by atoms with van der Waals surface area (Å²) in [5.74, 6) is 0.580. The van der Waals surface area contributed by atoms with E-state index in [0.29, 0.717) is 24.9 Å². The van der Waals surface area contributed by atoms with Crippen molar-refractivity contribution in [2.45, 2.75) is 51.1 Å². The van der Waals surface area contributed by atoms with Crippen molar-refractivity contribution in [2.24, 2.45) is 5.92 Å². The number of likely N-dealkylation sites (N-methyl/N-ethyl adjacent to an activating group) is 1. The van der Waals surface area contributed by atoms with Crippen LogP contribution in [0.15, 0.2) is 11.8 Å². The van der Waals surface area contributed by atoms with Crippen molar-refractivity contribution in [2.75, 3.05) is 73.6 Å². The average Bonchev–Trinajstić information content (AvgIpc) is 3.01. The Balaban J connectivity index is 1.54. The van der Waals surface area contributed by atoms with Crippen molar-refractivity contribution in [3.8, 4) is 0 Å². The number of piperidine rings is 1. The standard InChI is InChI=1S/C24H43N5O3/c1-5-7-29-18-21(14-19-16-23(30)20(15-22(19)29)17-26(2)3)25-24(31)27(4)9-10-28-8-6-12-32-13-11-28/h17,19,21-22H,5-16,18H2,1-4H3,(H,25,31)/t19-,21+,22-/m1/s1. The maximum absolute atomic E-state index is 12.9. The fraction of sp³-hybridized carbons (Fsp3) is 0.833. The number of carbonyl (C=O) groups excluding carboxylic acids is 2. The number of ketones is 1. The largest absolute Gasteiger partial charge is 0.383 e. The molecular formula is C24H43N5O3. The van der Waals surface area contributed by atoms with Gasteiger partial charge in [-0.25, -0.2) is 4.79 Å². The molecule has 0 spiro atoms. The van der Waals surface area contributed by atoms with Gasteiger partial charge >= 0.3 is 6.03 Å². The van der Waals surface area contributed by atoms with Crippen LogP contribution in [0.1, 0.15) is 39.0 Å². The molecule has 2 aliphatic heterocycles. The number of ether oxygens (including phenoxy) is 1. The molecule has 3 atom stereocenters. The summed E-state index contributed by atoms with van der Waals surface area (Å²) >= 11 is 0. The minimum Gasteiger partial charge on any atom is -0.383 e. The van der Waals surface area contributed by atoms with Crippen LogP contribution in [0, 0.1) is 5.92 Å². The van der Waals surface area contributed by atoms with Crippen molar-refractivity contribution in [1.29, 1.82) is 0 Å². The Labute approximate surface area is 193 Å². The molecule has 2 amide bonds. The normalized spacial score (nSPS) is 28.8. The predicted octanol–water partition coefficient (Wildman–Crippen LogP) is 1.63. The average molecular weight is 450 g/mol. The van der Waals surface area contributed by atoms with Crippen LogP contribution in [0.5, 0.6) is 0 Å². The van der Waals surface area contributed by atoms with E-state index in [-0.39, 0.29) is 17.9 Å². The molecular weight excluding hydrogens is 406 g/mol. The lowest BCUT2D eigenvalue weighted by molar-refractivity contribution is -0.119. The lowest BCUT2D eigenvalue weighted by atomic mass is 9.74. The summed E-state index contributed by atoms with van der Waals surface area (Å²) in [4.78, 5) is 34.3. The molecule has 182 valence electrons. The highest BCUT2D eigenvalue weighted by Crippen LogP contribution is 2.36. The quantitative estimate of drug-likeness (QED) is 0.596. The Morgan fingerprint density at radius 2 is 2.00 bits per heavy atom. The topological polar surface area (TPSA) is 68.4 Å². The number of carbonyl (C=O) groups is 2. The SMILES string of the molecule is CCCN1C[C@@H](NC(=O)N(C)CCN2CCCOCC2)C[C@@H]2CC(=O)C(=CN(C)C)C[C@H]21. The minimum absolute atomic E-state index is 0.00806. The molecule has 3 aliphatic rings. The van der Waals surface area contributed by atoms with E-state index < -0.39 is 0 Å². The molecule has 0 bridgehead atoms. The van der Waals surface area contributed by atoms with Gasteiger partial charge in [0.2, 0.25) is 0 Å². The van der Waals surface area contributed by atoms with Gasteiger partial charge in [-0.3, -0.25) is 14.6 Å². The summed E-state index contributed by atoms with van der Waals surface area (Å²) < 4.78 is 5.52. The van der Waals surface area contributed by atoms with Gasteiger partial charge in [0.25, 0.3) is 0 Å². The Morgan fingerprint density at radius 1 is 1.19 bits per heavy atom. The molecule has 3 fully saturated rings. The Kier molecular flexibility index (Phi) is 9.37. The molecule has 3 rings (SSSR count). The number of fused-ring (bicyclic) bond motifs is 1. The monoisotopic (exact) mass is 449 g/mol. The zero-order valence-corrected chi connectivity index (χ0v) is 20.5. The number of amides is 2. The summed E-state index contributed by atoms with van der Waals surface area (Å²) in [5.41, 5.74) is 0.943. The molecule has 8 heteroatoms. The molecule has 8 nitrogen and oxygen atoms in total. The van der Waals surface area contributed by atoms with Crippen LogP contribution in [0.3, 0.4) is 0 Å². The van der Waals surface area contributed by atoms with Crippen molar-refractivity contribution >= 4 is 11.8 Å². The van der Waals surface area contributed by atoms with Gasteiger partial charge in [0.05, 0.1) is 6.61 Å². The van der Waals surface area contributed by atoms with E-state index in [4.69, 9.17) is 4.74 Å². The van der Waals surface area contributed by atoms with Crippen molar-refractivity contribution in [3.63, 3.8) is 0 Å². The molecule has 2 heterocycles. The van der Waals surface area contributed by atoms with Gasteiger partial charge in [0, 0.05) is 90.8 Å². The van der Waals surface area contributed by atoms with Gasteiger partial charge < -0.3 is 19.9 Å². The number of nitrogens with zero attached hydrogens (tertiary/aromatic N) is 4. The van der Waals surface area contributed by atoms with Crippen LogP contribution in [0.2, 0.25) is 0 Å². The van der Waals surface area contributed by atoms with Gasteiger partial charge in [-0.15, -0.1) is 0 Å². The molecule has 1 N–H and O–H groups in total. The maximum Gasteiger partial charge on any atom is 0.317 e. The van der Waals surface area contributed by atoms with Gasteiger partial charge in [0.15, 0.2) is 5.78 Å². The van der Waals surface area contributed by atoms with Crippen molar-refractivity contribution in [1.82, 2.24) is 24.9 Å². The number of nitrogens with one attached hydrogen (secondary N) is 1. The molecule has 0 unspecified atom stereocenters. The Morgan fingerprint density at radius 3 is 2.75 bits per heavy atom. The van der Waals surface area contributed by atoms with E-state index in [1.807, 2.05) is 32.2 Å². The van der Waals surface area contributed by atoms with E-state index in [0.717, 1.165) is 77.2 Å². The smallest absolute Gasteiger partial charge is 0.317 e. The highest BCUT2D eigenvalue weighted by atomic mass is 16.5. The molecule has 1 aliphatic carbocycles. The van der Waals surface area contributed by atoms with Gasteiger partial charge in [-0.1, -0.05) is 6.92 Å². The number of likely N-dealkylation sites (tertiary alicyclic amines) is 1. The first-order valence-corrected chi connectivity index (χ1v) is 12.3. The minimum atomic E-state index is -0.00806. The summed E-state index contributed by atoms with van der Waals surface area (Å²) in [6.07, 6.45) is 6.41. The first-order chi connectivity index (χ1) is 15.4. The van der Waals surface area contributed by atoms with E-state index in [1.165, 1.54) is 0 Å². The van der Waals surface area contributed by atoms with E-state index in [2.05, 4.69) is 22.0 Å². The van der Waals surface area contributed by atoms with Crippen LogP contribution in [0.25, 0.3) is 0 Å². The zero-order chi connectivity index (χ0) is 23.1. The Bertz CT molecular complexity index is 660. The van der Waals surface area contributed by atoms with E-state index in [1.54, 1.807) is 4.90 Å². The highest BCUT2D eigenvalue weighted by molar-refractivity contribution is 5.96. The fourth-order valence-electron chi connectivity index (χ4n) is 5.32. The summed E-state index contributed by atoms with van der Waals surface area (Å²) in [7, 11) is 5.82. The molecule has 32 heavy (non-hydrogen) atoms. The summed E-state index contributed by atoms with van der Waals surface area (Å²) in [6, 6.07) is 0.484. The van der Waals surface area contributed by atoms with E-state index >= 15 is 0 Å². The van der Waals surface area contributed by atoms with Crippen LogP contribution in [0.4, 0.5) is 4.79 Å². The van der Waals surface area contributed by atoms with Crippen molar-refractivity contribution < 1.29 is 14.3 Å². The van der Waals surface area contributed by atoms with E-state index in [9.17, 15) is 9.59 Å². The van der Waals surface area contributed by atoms with Crippen molar-refractivity contribution in [3.05, 3.63) is 11.8 Å². The predicted molar refractivity (Wildman–Crippen MR) is 127 cm³/mol. The number of urea groups is 1. The zero-order valence-electron chi connectivity index (χ0n) is 20.5. The van der Waals surface area contributed by atoms with Crippen LogP contribution in [-0.2, 0) is 9.53 Å². The molecule has 0 aromatic heterocycles. The number of hydrogen-bond donors (Lipinski definition) is 1. The Hall–Kier alpha value is -1.64. The summed E-state index contributed by atoms with van der Waals surface area (Å²) in [5, 5.41) is 3.27. The van der Waals surface area contributed by atoms with Crippen LogP contribution < -0.4 is 5.32 Å². The fourth-order valence-corrected chi connectivity index (χ4v) is 5.32. The summed E-state index contributed by atoms with van der Waals surface area (Å²) in [6.45, 7) is 9.23. The number of hydrogen-bond acceptors (Lipinski definition) is 6. The van der Waals surface area contributed by atoms with Gasteiger partial charge in [0.1, 0.15) is 0 Å². The molecule has 0 aromatic rings. The maximum atomic E-state index is 12.9. The first kappa shape index (κ1) is 25.0. The third kappa shape index (κ3) is 6.93. The van der Waals surface area contributed by atoms with Gasteiger partial charge in [-0.2, -0.15) is 0 Å². The second-order valence-corrected chi connectivity index (χ2v) is 9.88. The van der Waals surface area contributed by atoms with Crippen LogP contribution in [-0.4, -0.2) is 117 Å². The van der Waals surface area contributed by atoms with Crippen LogP contribution >= 0.6 is 0 Å². The highest BCUT2D eigenvalue weighted by Gasteiger charge is 2.41. The number of rotatable bonds is 7. The molecule has 2 saturated heterocycles. The third-order valence-corrected chi connectivity index (χ3v) is 6.96. The number of Topliss-reactive ketones (excluding diaryl/α,β-unsaturated/α-hetero) is 1. The van der Waals surface area contributed by atoms with Gasteiger partial charge in [-0.05, 0) is 38.1 Å². The lowest BCUT2D eigenvalue weighted by Crippen LogP contribution is -2.59. The molecule has 0 radical (unpaired) electrons. The third-order valence-electron chi connectivity index (χ3n) is 6.96. The molecule has 0 aromatic carbocycles. The first-order valence-electron chi connectivity index (χ1n) is 12.3. The molecule has 1 saturated carbocycles. The second kappa shape index (κ2) is 12.0. The lowest BCUT2D eigenvalue weighted by Gasteiger charge is -2.47.